The number of hydrogen-bond donors (Lipinski definition) is 4. The fourth-order valence-electron chi connectivity index (χ4n) is 5.55. The van der Waals surface area contributed by atoms with Crippen molar-refractivity contribution in [3.8, 4) is 6.07 Å². The van der Waals surface area contributed by atoms with Crippen molar-refractivity contribution in [2.75, 3.05) is 30.3 Å². The maximum absolute atomic E-state index is 13.8. The molecule has 0 saturated carbocycles. The van der Waals surface area contributed by atoms with Gasteiger partial charge in [-0.2, -0.15) is 5.26 Å². The Kier molecular flexibility index (Phi) is 8.93. The second-order valence-electron chi connectivity index (χ2n) is 10.7. The number of likely N-dealkylation sites (tertiary alicyclic amines) is 1. The highest BCUT2D eigenvalue weighted by Gasteiger charge is 2.29. The van der Waals surface area contributed by atoms with Crippen LogP contribution in [0.2, 0.25) is 15.2 Å². The van der Waals surface area contributed by atoms with E-state index in [-0.39, 0.29) is 11.1 Å². The van der Waals surface area contributed by atoms with Crippen LogP contribution < -0.4 is 21.6 Å². The largest absolute Gasteiger partial charge is 0.373 e. The van der Waals surface area contributed by atoms with E-state index in [1.165, 1.54) is 18.3 Å². The van der Waals surface area contributed by atoms with E-state index in [0.717, 1.165) is 43.7 Å². The zero-order valence-electron chi connectivity index (χ0n) is 23.7. The molecule has 13 heteroatoms. The van der Waals surface area contributed by atoms with Crippen molar-refractivity contribution in [3.63, 3.8) is 0 Å². The SMILES string of the molecule is CCN1CCC(N2C=C([C@@H](Nc3cc(Cl)c4ncc(C#N)c(Nc5ccc(F)c(Cl)c5)c4c3)c3ccc(Cl)nc3)NN2)CC1. The molecule has 1 atom stereocenters. The van der Waals surface area contributed by atoms with E-state index in [4.69, 9.17) is 34.8 Å². The van der Waals surface area contributed by atoms with Crippen molar-refractivity contribution in [2.24, 2.45) is 0 Å². The molecule has 0 bridgehead atoms. The highest BCUT2D eigenvalue weighted by molar-refractivity contribution is 6.36. The number of anilines is 3. The van der Waals surface area contributed by atoms with Crippen molar-refractivity contribution in [1.29, 1.82) is 5.26 Å². The number of fused-ring (bicyclic) bond motifs is 1. The number of rotatable bonds is 8. The zero-order chi connectivity index (χ0) is 30.8. The van der Waals surface area contributed by atoms with Crippen LogP contribution in [-0.4, -0.2) is 45.6 Å². The van der Waals surface area contributed by atoms with Crippen LogP contribution in [0.1, 0.15) is 36.9 Å². The van der Waals surface area contributed by atoms with Gasteiger partial charge in [-0.1, -0.05) is 47.8 Å². The molecule has 1 fully saturated rings. The minimum absolute atomic E-state index is 0.0393. The summed E-state index contributed by atoms with van der Waals surface area (Å²) in [6.45, 7) is 5.36. The van der Waals surface area contributed by atoms with E-state index in [0.29, 0.717) is 49.7 Å². The molecule has 2 aliphatic heterocycles. The summed E-state index contributed by atoms with van der Waals surface area (Å²) in [5.74, 6) is -0.538. The van der Waals surface area contributed by atoms with Crippen LogP contribution >= 0.6 is 34.8 Å². The van der Waals surface area contributed by atoms with Gasteiger partial charge >= 0.3 is 0 Å². The smallest absolute Gasteiger partial charge is 0.141 e. The summed E-state index contributed by atoms with van der Waals surface area (Å²) < 4.78 is 13.8. The summed E-state index contributed by atoms with van der Waals surface area (Å²) in [4.78, 5) is 11.2. The maximum atomic E-state index is 13.8. The fraction of sp³-hybridized carbons (Fsp3) is 0.258. The normalized spacial score (nSPS) is 16.4. The zero-order valence-corrected chi connectivity index (χ0v) is 26.0. The number of pyridine rings is 2. The monoisotopic (exact) mass is 651 g/mol. The standard InChI is InChI=1S/C31H29Cl3FN9/c1-2-43-9-7-22(8-10-43)44-17-27(41-42-44)30(18-3-6-28(34)37-15-18)40-21-11-23-29(39-20-4-5-26(35)24(32)12-20)19(14-36)16-38-31(23)25(33)13-21/h3-6,11-13,15-17,22,30,40-42H,2,7-10H2,1H3,(H,38,39)/t30-/m0/s1. The Balaban J connectivity index is 1.36. The topological polar surface area (TPSA) is 104 Å². The summed E-state index contributed by atoms with van der Waals surface area (Å²) >= 11 is 18.9. The Morgan fingerprint density at radius 1 is 1.05 bits per heavy atom. The van der Waals surface area contributed by atoms with Crippen LogP contribution in [-0.2, 0) is 0 Å². The molecular formula is C31H29Cl3FN9. The third kappa shape index (κ3) is 6.34. The third-order valence-corrected chi connectivity index (χ3v) is 8.75. The van der Waals surface area contributed by atoms with E-state index in [9.17, 15) is 9.65 Å². The van der Waals surface area contributed by atoms with Crippen molar-refractivity contribution in [2.45, 2.75) is 31.8 Å². The van der Waals surface area contributed by atoms with Crippen LogP contribution in [0.3, 0.4) is 0 Å². The minimum atomic E-state index is -0.538. The Morgan fingerprint density at radius 3 is 2.55 bits per heavy atom. The molecule has 2 aromatic heterocycles. The summed E-state index contributed by atoms with van der Waals surface area (Å²) in [5.41, 5.74) is 10.9. The van der Waals surface area contributed by atoms with Crippen LogP contribution in [0.15, 0.2) is 66.8 Å². The van der Waals surface area contributed by atoms with Gasteiger partial charge in [-0.05, 0) is 61.3 Å². The average Bonchev–Trinajstić information content (AvgIpc) is 3.52. The summed E-state index contributed by atoms with van der Waals surface area (Å²) in [6.07, 6.45) is 7.37. The summed E-state index contributed by atoms with van der Waals surface area (Å²) in [5, 5.41) is 20.2. The van der Waals surface area contributed by atoms with Crippen LogP contribution in [0.4, 0.5) is 21.5 Å². The first-order valence-electron chi connectivity index (χ1n) is 14.2. The van der Waals surface area contributed by atoms with Gasteiger partial charge in [0, 0.05) is 54.5 Å². The predicted molar refractivity (Wildman–Crippen MR) is 173 cm³/mol. The van der Waals surface area contributed by atoms with Gasteiger partial charge in [-0.15, -0.1) is 5.53 Å². The van der Waals surface area contributed by atoms with Crippen molar-refractivity contribution in [1.82, 2.24) is 30.8 Å². The fourth-order valence-corrected chi connectivity index (χ4v) is 6.11. The Hall–Kier alpha value is -3.85. The van der Waals surface area contributed by atoms with Crippen molar-refractivity contribution >= 4 is 62.8 Å². The van der Waals surface area contributed by atoms with Gasteiger partial charge in [-0.25, -0.2) is 9.37 Å². The second kappa shape index (κ2) is 13.0. The molecule has 4 heterocycles. The highest BCUT2D eigenvalue weighted by Crippen LogP contribution is 2.37. The lowest BCUT2D eigenvalue weighted by Gasteiger charge is -2.35. The van der Waals surface area contributed by atoms with E-state index in [2.05, 4.69) is 60.7 Å². The van der Waals surface area contributed by atoms with Crippen molar-refractivity contribution < 1.29 is 4.39 Å². The molecule has 0 unspecified atom stereocenters. The van der Waals surface area contributed by atoms with E-state index in [1.807, 2.05) is 12.1 Å². The number of halogens is 4. The molecular weight excluding hydrogens is 624 g/mol. The van der Waals surface area contributed by atoms with Gasteiger partial charge in [0.2, 0.25) is 0 Å². The van der Waals surface area contributed by atoms with Crippen molar-refractivity contribution in [3.05, 3.63) is 98.9 Å². The van der Waals surface area contributed by atoms with Crippen LogP contribution in [0, 0.1) is 17.1 Å². The number of nitrogens with zero attached hydrogens (tertiary/aromatic N) is 5. The molecule has 0 spiro atoms. The molecule has 2 aromatic carbocycles. The molecule has 0 radical (unpaired) electrons. The maximum Gasteiger partial charge on any atom is 0.141 e. The minimum Gasteiger partial charge on any atom is -0.373 e. The number of nitrogens with one attached hydrogen (secondary N) is 4. The summed E-state index contributed by atoms with van der Waals surface area (Å²) in [7, 11) is 0. The quantitative estimate of drug-likeness (QED) is 0.148. The van der Waals surface area contributed by atoms with E-state index in [1.54, 1.807) is 24.4 Å². The Morgan fingerprint density at radius 2 is 1.84 bits per heavy atom. The molecule has 44 heavy (non-hydrogen) atoms. The first-order valence-corrected chi connectivity index (χ1v) is 15.3. The highest BCUT2D eigenvalue weighted by atomic mass is 35.5. The Bertz CT molecular complexity index is 1750. The summed E-state index contributed by atoms with van der Waals surface area (Å²) in [6, 6.07) is 13.8. The van der Waals surface area contributed by atoms with Crippen LogP contribution in [0.5, 0.6) is 0 Å². The lowest BCUT2D eigenvalue weighted by Crippen LogP contribution is -2.48. The van der Waals surface area contributed by atoms with Gasteiger partial charge in [0.1, 0.15) is 17.0 Å². The number of aromatic nitrogens is 2. The lowest BCUT2D eigenvalue weighted by molar-refractivity contribution is 0.112. The van der Waals surface area contributed by atoms with Gasteiger partial charge < -0.3 is 21.0 Å². The number of nitriles is 1. The van der Waals surface area contributed by atoms with Gasteiger partial charge in [-0.3, -0.25) is 9.99 Å². The predicted octanol–water partition coefficient (Wildman–Crippen LogP) is 7.15. The van der Waals surface area contributed by atoms with Gasteiger partial charge in [0.25, 0.3) is 0 Å². The number of piperidine rings is 1. The molecule has 1 saturated heterocycles. The lowest BCUT2D eigenvalue weighted by atomic mass is 10.0. The number of benzene rings is 2. The van der Waals surface area contributed by atoms with E-state index < -0.39 is 5.82 Å². The average molecular weight is 653 g/mol. The molecule has 9 nitrogen and oxygen atoms in total. The van der Waals surface area contributed by atoms with E-state index >= 15 is 0 Å². The molecule has 0 aliphatic carbocycles. The first-order chi connectivity index (χ1) is 21.3. The molecule has 6 rings (SSSR count). The molecule has 2 aliphatic rings. The first kappa shape index (κ1) is 30.2. The van der Waals surface area contributed by atoms with Gasteiger partial charge in [0.15, 0.2) is 0 Å². The number of hydrazine groups is 2. The molecule has 4 aromatic rings. The number of hydrogen-bond acceptors (Lipinski definition) is 9. The molecule has 0 amide bonds. The Labute approximate surface area is 269 Å². The van der Waals surface area contributed by atoms with Gasteiger partial charge in [0.05, 0.1) is 38.6 Å². The van der Waals surface area contributed by atoms with Crippen LogP contribution in [0.25, 0.3) is 10.9 Å². The molecule has 226 valence electrons. The third-order valence-electron chi connectivity index (χ3n) is 7.95. The second-order valence-corrected chi connectivity index (χ2v) is 11.9. The molecule has 4 N–H and O–H groups in total.